The molecule has 0 saturated heterocycles. The molecule has 16 heavy (non-hydrogen) atoms. The standard InChI is InChI=1S/C11H12N2OS2/c1-6(12-14)9-4-8(15-3)5-10-7(2)13-16-11(9)10/h4-5,14H,1-3H3/b12-6+. The van der Waals surface area contributed by atoms with Gasteiger partial charge in [0, 0.05) is 15.8 Å². The molecule has 0 aliphatic rings. The van der Waals surface area contributed by atoms with Gasteiger partial charge in [-0.25, -0.2) is 0 Å². The number of hydrogen-bond acceptors (Lipinski definition) is 5. The van der Waals surface area contributed by atoms with E-state index in [1.54, 1.807) is 18.7 Å². The second-order valence-electron chi connectivity index (χ2n) is 3.51. The number of benzene rings is 1. The molecule has 0 saturated carbocycles. The van der Waals surface area contributed by atoms with E-state index in [0.29, 0.717) is 5.71 Å². The van der Waals surface area contributed by atoms with Crippen molar-refractivity contribution in [3.63, 3.8) is 0 Å². The van der Waals surface area contributed by atoms with Crippen LogP contribution in [-0.2, 0) is 0 Å². The van der Waals surface area contributed by atoms with Gasteiger partial charge in [0.15, 0.2) is 0 Å². The van der Waals surface area contributed by atoms with Crippen LogP contribution in [0, 0.1) is 6.92 Å². The number of aromatic nitrogens is 1. The minimum absolute atomic E-state index is 0.629. The Morgan fingerprint density at radius 1 is 1.50 bits per heavy atom. The third-order valence-corrected chi connectivity index (χ3v) is 4.20. The maximum absolute atomic E-state index is 8.88. The molecule has 0 spiro atoms. The first-order valence-corrected chi connectivity index (χ1v) is 6.80. The summed E-state index contributed by atoms with van der Waals surface area (Å²) in [5, 5.41) is 13.3. The van der Waals surface area contributed by atoms with Gasteiger partial charge in [-0.15, -0.1) is 11.8 Å². The smallest absolute Gasteiger partial charge is 0.0852 e. The van der Waals surface area contributed by atoms with Gasteiger partial charge in [0.25, 0.3) is 0 Å². The highest BCUT2D eigenvalue weighted by Gasteiger charge is 2.11. The Kier molecular flexibility index (Phi) is 3.16. The Morgan fingerprint density at radius 3 is 2.88 bits per heavy atom. The molecule has 1 N–H and O–H groups in total. The highest BCUT2D eigenvalue weighted by molar-refractivity contribution is 7.98. The molecule has 1 aromatic carbocycles. The van der Waals surface area contributed by atoms with Crippen molar-refractivity contribution in [2.45, 2.75) is 18.7 Å². The number of rotatable bonds is 2. The Bertz CT molecular complexity index is 560. The number of oxime groups is 1. The topological polar surface area (TPSA) is 45.5 Å². The molecule has 0 fully saturated rings. The van der Waals surface area contributed by atoms with Crippen molar-refractivity contribution < 1.29 is 5.21 Å². The maximum atomic E-state index is 8.88. The zero-order valence-corrected chi connectivity index (χ0v) is 10.9. The fraction of sp³-hybridized carbons (Fsp3) is 0.273. The molecule has 0 aliphatic carbocycles. The van der Waals surface area contributed by atoms with Gasteiger partial charge in [0.1, 0.15) is 0 Å². The number of thioether (sulfide) groups is 1. The molecular formula is C11H12N2OS2. The molecule has 1 heterocycles. The van der Waals surface area contributed by atoms with Crippen LogP contribution in [0.3, 0.4) is 0 Å². The normalized spacial score (nSPS) is 12.3. The van der Waals surface area contributed by atoms with Crippen molar-refractivity contribution in [2.75, 3.05) is 6.26 Å². The van der Waals surface area contributed by atoms with Crippen molar-refractivity contribution >= 4 is 39.1 Å². The summed E-state index contributed by atoms with van der Waals surface area (Å²) < 4.78 is 5.43. The quantitative estimate of drug-likeness (QED) is 0.385. The monoisotopic (exact) mass is 252 g/mol. The van der Waals surface area contributed by atoms with E-state index in [9.17, 15) is 0 Å². The minimum atomic E-state index is 0.629. The molecular weight excluding hydrogens is 240 g/mol. The molecule has 5 heteroatoms. The molecule has 2 rings (SSSR count). The lowest BCUT2D eigenvalue weighted by molar-refractivity contribution is 0.319. The SMILES string of the molecule is CSc1cc(/C(C)=N/O)c2snc(C)c2c1. The number of hydrogen-bond donors (Lipinski definition) is 1. The Labute approximate surface area is 102 Å². The summed E-state index contributed by atoms with van der Waals surface area (Å²) in [5.41, 5.74) is 2.63. The number of aryl methyl sites for hydroxylation is 1. The summed E-state index contributed by atoms with van der Waals surface area (Å²) in [6, 6.07) is 4.17. The van der Waals surface area contributed by atoms with E-state index < -0.39 is 0 Å². The summed E-state index contributed by atoms with van der Waals surface area (Å²) in [5.74, 6) is 0. The molecule has 0 bridgehead atoms. The first-order valence-electron chi connectivity index (χ1n) is 4.80. The Balaban J connectivity index is 2.80. The van der Waals surface area contributed by atoms with Gasteiger partial charge in [-0.1, -0.05) is 5.16 Å². The van der Waals surface area contributed by atoms with E-state index in [1.807, 2.05) is 19.2 Å². The van der Waals surface area contributed by atoms with Gasteiger partial charge >= 0.3 is 0 Å². The van der Waals surface area contributed by atoms with E-state index in [0.717, 1.165) is 26.2 Å². The second kappa shape index (κ2) is 4.43. The van der Waals surface area contributed by atoms with Crippen LogP contribution in [0.4, 0.5) is 0 Å². The van der Waals surface area contributed by atoms with E-state index in [1.165, 1.54) is 11.5 Å². The summed E-state index contributed by atoms with van der Waals surface area (Å²) >= 11 is 3.13. The van der Waals surface area contributed by atoms with Crippen LogP contribution in [0.15, 0.2) is 22.2 Å². The lowest BCUT2D eigenvalue weighted by atomic mass is 10.1. The van der Waals surface area contributed by atoms with Gasteiger partial charge in [0.2, 0.25) is 0 Å². The van der Waals surface area contributed by atoms with E-state index in [-0.39, 0.29) is 0 Å². The highest BCUT2D eigenvalue weighted by atomic mass is 32.2. The minimum Gasteiger partial charge on any atom is -0.411 e. The first kappa shape index (κ1) is 11.4. The Morgan fingerprint density at radius 2 is 2.25 bits per heavy atom. The first-order chi connectivity index (χ1) is 7.67. The molecule has 0 unspecified atom stereocenters. The molecule has 0 aliphatic heterocycles. The van der Waals surface area contributed by atoms with Crippen molar-refractivity contribution in [1.82, 2.24) is 4.37 Å². The van der Waals surface area contributed by atoms with E-state index >= 15 is 0 Å². The van der Waals surface area contributed by atoms with E-state index in [2.05, 4.69) is 15.6 Å². The molecule has 0 amide bonds. The van der Waals surface area contributed by atoms with Crippen molar-refractivity contribution in [1.29, 1.82) is 0 Å². The van der Waals surface area contributed by atoms with Gasteiger partial charge in [-0.3, -0.25) is 0 Å². The van der Waals surface area contributed by atoms with Crippen molar-refractivity contribution in [2.24, 2.45) is 5.16 Å². The largest absolute Gasteiger partial charge is 0.411 e. The van der Waals surface area contributed by atoms with Crippen LogP contribution < -0.4 is 0 Å². The van der Waals surface area contributed by atoms with Crippen molar-refractivity contribution in [3.8, 4) is 0 Å². The lowest BCUT2D eigenvalue weighted by Crippen LogP contribution is -1.95. The van der Waals surface area contributed by atoms with Crippen LogP contribution >= 0.6 is 23.3 Å². The van der Waals surface area contributed by atoms with Gasteiger partial charge in [-0.2, -0.15) is 4.37 Å². The fourth-order valence-corrected chi connectivity index (χ4v) is 2.98. The number of nitrogens with zero attached hydrogens (tertiary/aromatic N) is 2. The van der Waals surface area contributed by atoms with Crippen LogP contribution in [-0.4, -0.2) is 21.5 Å². The molecule has 2 aromatic rings. The van der Waals surface area contributed by atoms with E-state index in [4.69, 9.17) is 5.21 Å². The second-order valence-corrected chi connectivity index (χ2v) is 5.16. The third-order valence-electron chi connectivity index (χ3n) is 2.50. The average Bonchev–Trinajstić information content (AvgIpc) is 2.69. The average molecular weight is 252 g/mol. The maximum Gasteiger partial charge on any atom is 0.0852 e. The van der Waals surface area contributed by atoms with Crippen LogP contribution in [0.2, 0.25) is 0 Å². The zero-order chi connectivity index (χ0) is 11.7. The molecule has 0 atom stereocenters. The fourth-order valence-electron chi connectivity index (χ4n) is 1.57. The third kappa shape index (κ3) is 1.81. The Hall–Kier alpha value is -1.07. The van der Waals surface area contributed by atoms with Gasteiger partial charge in [0.05, 0.1) is 16.1 Å². The van der Waals surface area contributed by atoms with Gasteiger partial charge in [-0.05, 0) is 43.8 Å². The molecule has 0 radical (unpaired) electrons. The molecule has 3 nitrogen and oxygen atoms in total. The molecule has 1 aromatic heterocycles. The highest BCUT2D eigenvalue weighted by Crippen LogP contribution is 2.31. The van der Waals surface area contributed by atoms with Crippen LogP contribution in [0.1, 0.15) is 18.2 Å². The predicted octanol–water partition coefficient (Wildman–Crippen LogP) is 3.52. The van der Waals surface area contributed by atoms with Crippen LogP contribution in [0.5, 0.6) is 0 Å². The van der Waals surface area contributed by atoms with Crippen molar-refractivity contribution in [3.05, 3.63) is 23.4 Å². The zero-order valence-electron chi connectivity index (χ0n) is 9.31. The predicted molar refractivity (Wildman–Crippen MR) is 70.1 cm³/mol. The summed E-state index contributed by atoms with van der Waals surface area (Å²) in [6.45, 7) is 3.80. The summed E-state index contributed by atoms with van der Waals surface area (Å²) in [6.07, 6.45) is 2.03. The summed E-state index contributed by atoms with van der Waals surface area (Å²) in [4.78, 5) is 1.16. The lowest BCUT2D eigenvalue weighted by Gasteiger charge is -2.04. The van der Waals surface area contributed by atoms with Gasteiger partial charge < -0.3 is 5.21 Å². The molecule has 84 valence electrons. The van der Waals surface area contributed by atoms with Crippen LogP contribution in [0.25, 0.3) is 10.1 Å². The number of fused-ring (bicyclic) bond motifs is 1. The summed E-state index contributed by atoms with van der Waals surface area (Å²) in [7, 11) is 0.